The summed E-state index contributed by atoms with van der Waals surface area (Å²) in [4.78, 5) is 12.5. The van der Waals surface area contributed by atoms with Crippen LogP contribution < -0.4 is 5.73 Å². The molecule has 0 radical (unpaired) electrons. The van der Waals surface area contributed by atoms with Gasteiger partial charge in [-0.15, -0.1) is 0 Å². The molecule has 0 saturated heterocycles. The van der Waals surface area contributed by atoms with Gasteiger partial charge in [0.25, 0.3) is 5.78 Å². The van der Waals surface area contributed by atoms with Crippen molar-refractivity contribution in [2.75, 3.05) is 0 Å². The molecule has 3 aromatic rings. The van der Waals surface area contributed by atoms with E-state index in [2.05, 4.69) is 20.1 Å². The lowest BCUT2D eigenvalue weighted by Gasteiger charge is -2.13. The molecule has 0 saturated carbocycles. The van der Waals surface area contributed by atoms with Crippen LogP contribution in [0.25, 0.3) is 5.78 Å². The molecular weight excluding hydrogens is 228 g/mol. The smallest absolute Gasteiger partial charge is 0.252 e. The predicted octanol–water partition coefficient (Wildman–Crippen LogP) is 0.876. The number of fused-ring (bicyclic) bond motifs is 1. The van der Waals surface area contributed by atoms with Crippen LogP contribution in [0.5, 0.6) is 0 Å². The molecule has 2 N–H and O–H groups in total. The molecule has 0 aliphatic rings. The third kappa shape index (κ3) is 1.72. The first kappa shape index (κ1) is 10.8. The molecule has 0 fully saturated rings. The maximum atomic E-state index is 6.25. The minimum absolute atomic E-state index is 0.301. The summed E-state index contributed by atoms with van der Waals surface area (Å²) in [6, 6.07) is 5.42. The zero-order valence-corrected chi connectivity index (χ0v) is 9.85. The molecule has 0 bridgehead atoms. The van der Waals surface area contributed by atoms with Crippen molar-refractivity contribution in [3.05, 3.63) is 53.9 Å². The average Bonchev–Trinajstić information content (AvgIpc) is 2.86. The third-order valence-electron chi connectivity index (χ3n) is 2.77. The summed E-state index contributed by atoms with van der Waals surface area (Å²) in [6.45, 7) is 1.91. The number of nitrogens with two attached hydrogens (primary N) is 1. The highest BCUT2D eigenvalue weighted by atomic mass is 15.3. The van der Waals surface area contributed by atoms with Crippen LogP contribution >= 0.6 is 0 Å². The standard InChI is InChI=1S/C12H12N6/c1-8-5-10(18-12(17-8)15-7-16-18)11(13)9-3-2-4-14-6-9/h2-7,11H,13H2,1H3. The fourth-order valence-corrected chi connectivity index (χ4v) is 1.91. The lowest BCUT2D eigenvalue weighted by Crippen LogP contribution is -2.17. The molecule has 0 amide bonds. The number of aryl methyl sites for hydroxylation is 1. The van der Waals surface area contributed by atoms with Gasteiger partial charge in [-0.05, 0) is 24.6 Å². The van der Waals surface area contributed by atoms with Crippen LogP contribution in [-0.4, -0.2) is 24.6 Å². The Morgan fingerprint density at radius 2 is 2.28 bits per heavy atom. The van der Waals surface area contributed by atoms with Gasteiger partial charge < -0.3 is 5.73 Å². The van der Waals surface area contributed by atoms with Crippen molar-refractivity contribution in [2.45, 2.75) is 13.0 Å². The highest BCUT2D eigenvalue weighted by molar-refractivity contribution is 5.34. The fraction of sp³-hybridized carbons (Fsp3) is 0.167. The van der Waals surface area contributed by atoms with Gasteiger partial charge in [0.15, 0.2) is 0 Å². The summed E-state index contributed by atoms with van der Waals surface area (Å²) in [7, 11) is 0. The summed E-state index contributed by atoms with van der Waals surface area (Å²) in [5.74, 6) is 0.560. The molecule has 6 nitrogen and oxygen atoms in total. The molecule has 3 aromatic heterocycles. The molecule has 3 heterocycles. The van der Waals surface area contributed by atoms with Crippen molar-refractivity contribution in [2.24, 2.45) is 5.73 Å². The predicted molar refractivity (Wildman–Crippen MR) is 65.8 cm³/mol. The minimum atomic E-state index is -0.301. The van der Waals surface area contributed by atoms with E-state index in [0.717, 1.165) is 17.0 Å². The monoisotopic (exact) mass is 240 g/mol. The van der Waals surface area contributed by atoms with E-state index in [1.165, 1.54) is 6.33 Å². The molecule has 18 heavy (non-hydrogen) atoms. The molecular formula is C12H12N6. The van der Waals surface area contributed by atoms with E-state index < -0.39 is 0 Å². The van der Waals surface area contributed by atoms with Gasteiger partial charge in [-0.1, -0.05) is 6.07 Å². The molecule has 0 aliphatic heterocycles. The second kappa shape index (κ2) is 4.15. The molecule has 0 aliphatic carbocycles. The Morgan fingerprint density at radius 1 is 1.39 bits per heavy atom. The van der Waals surface area contributed by atoms with Crippen molar-refractivity contribution in [3.8, 4) is 0 Å². The van der Waals surface area contributed by atoms with Crippen LogP contribution in [0.4, 0.5) is 0 Å². The van der Waals surface area contributed by atoms with E-state index in [1.807, 2.05) is 25.1 Å². The topological polar surface area (TPSA) is 82.0 Å². The fourth-order valence-electron chi connectivity index (χ4n) is 1.91. The van der Waals surface area contributed by atoms with Gasteiger partial charge in [0.05, 0.1) is 11.7 Å². The zero-order valence-electron chi connectivity index (χ0n) is 9.85. The number of nitrogens with zero attached hydrogens (tertiary/aromatic N) is 5. The van der Waals surface area contributed by atoms with Gasteiger partial charge in [-0.3, -0.25) is 4.98 Å². The summed E-state index contributed by atoms with van der Waals surface area (Å²) in [5, 5.41) is 4.15. The lowest BCUT2D eigenvalue weighted by atomic mass is 10.1. The van der Waals surface area contributed by atoms with Crippen molar-refractivity contribution < 1.29 is 0 Å². The summed E-state index contributed by atoms with van der Waals surface area (Å²) in [6.07, 6.45) is 4.95. The summed E-state index contributed by atoms with van der Waals surface area (Å²) < 4.78 is 1.66. The van der Waals surface area contributed by atoms with E-state index in [9.17, 15) is 0 Å². The molecule has 0 spiro atoms. The molecule has 90 valence electrons. The Balaban J connectivity index is 2.17. The number of hydrogen-bond acceptors (Lipinski definition) is 5. The van der Waals surface area contributed by atoms with Crippen molar-refractivity contribution in [3.63, 3.8) is 0 Å². The van der Waals surface area contributed by atoms with Crippen LogP contribution in [0.1, 0.15) is 23.0 Å². The van der Waals surface area contributed by atoms with E-state index in [-0.39, 0.29) is 6.04 Å². The van der Waals surface area contributed by atoms with E-state index in [1.54, 1.807) is 16.9 Å². The first-order valence-corrected chi connectivity index (χ1v) is 5.58. The molecule has 3 rings (SSSR count). The van der Waals surface area contributed by atoms with Crippen LogP contribution in [0, 0.1) is 6.92 Å². The van der Waals surface area contributed by atoms with Crippen LogP contribution in [-0.2, 0) is 0 Å². The SMILES string of the molecule is Cc1cc(C(N)c2cccnc2)n2ncnc2n1. The van der Waals surface area contributed by atoms with Gasteiger partial charge in [0, 0.05) is 18.1 Å². The normalized spacial score (nSPS) is 12.8. The summed E-state index contributed by atoms with van der Waals surface area (Å²) in [5.41, 5.74) is 8.90. The second-order valence-electron chi connectivity index (χ2n) is 4.06. The average molecular weight is 240 g/mol. The van der Waals surface area contributed by atoms with Crippen LogP contribution in [0.15, 0.2) is 36.9 Å². The minimum Gasteiger partial charge on any atom is -0.319 e. The highest BCUT2D eigenvalue weighted by Crippen LogP contribution is 2.19. The molecule has 1 unspecified atom stereocenters. The first-order valence-electron chi connectivity index (χ1n) is 5.58. The van der Waals surface area contributed by atoms with Gasteiger partial charge in [0.2, 0.25) is 0 Å². The van der Waals surface area contributed by atoms with Crippen molar-refractivity contribution in [1.82, 2.24) is 24.6 Å². The lowest BCUT2D eigenvalue weighted by molar-refractivity contribution is 0.747. The quantitative estimate of drug-likeness (QED) is 0.719. The molecule has 1 atom stereocenters. The number of hydrogen-bond donors (Lipinski definition) is 1. The van der Waals surface area contributed by atoms with Crippen molar-refractivity contribution >= 4 is 5.78 Å². The Labute approximate surface area is 104 Å². The number of pyridine rings is 1. The number of aromatic nitrogens is 5. The van der Waals surface area contributed by atoms with E-state index in [0.29, 0.717) is 5.78 Å². The zero-order chi connectivity index (χ0) is 12.5. The van der Waals surface area contributed by atoms with Gasteiger partial charge in [-0.2, -0.15) is 14.6 Å². The second-order valence-corrected chi connectivity index (χ2v) is 4.06. The van der Waals surface area contributed by atoms with Crippen molar-refractivity contribution in [1.29, 1.82) is 0 Å². The summed E-state index contributed by atoms with van der Waals surface area (Å²) >= 11 is 0. The largest absolute Gasteiger partial charge is 0.319 e. The maximum absolute atomic E-state index is 6.25. The van der Waals surface area contributed by atoms with Gasteiger partial charge in [0.1, 0.15) is 6.33 Å². The molecule has 0 aromatic carbocycles. The van der Waals surface area contributed by atoms with Gasteiger partial charge >= 0.3 is 0 Å². The third-order valence-corrected chi connectivity index (χ3v) is 2.77. The highest BCUT2D eigenvalue weighted by Gasteiger charge is 2.15. The van der Waals surface area contributed by atoms with Crippen LogP contribution in [0.3, 0.4) is 0 Å². The van der Waals surface area contributed by atoms with Gasteiger partial charge in [-0.25, -0.2) is 4.98 Å². The molecule has 6 heteroatoms. The Morgan fingerprint density at radius 3 is 3.06 bits per heavy atom. The van der Waals surface area contributed by atoms with Crippen LogP contribution in [0.2, 0.25) is 0 Å². The van der Waals surface area contributed by atoms with E-state index in [4.69, 9.17) is 5.73 Å². The first-order chi connectivity index (χ1) is 8.75. The maximum Gasteiger partial charge on any atom is 0.252 e. The Hall–Kier alpha value is -2.34. The van der Waals surface area contributed by atoms with E-state index >= 15 is 0 Å². The Kier molecular flexibility index (Phi) is 2.49. The number of rotatable bonds is 2. The Bertz CT molecular complexity index is 675.